The van der Waals surface area contributed by atoms with Crippen molar-refractivity contribution >= 4 is 21.9 Å². The normalized spacial score (nSPS) is 14.8. The maximum Gasteiger partial charge on any atom is 0.308 e. The molecule has 0 heterocycles. The van der Waals surface area contributed by atoms with Crippen LogP contribution in [0.1, 0.15) is 55.1 Å². The molecule has 2 aromatic carbocycles. The molecular formula is C23H28N2O5S. The third kappa shape index (κ3) is 6.90. The molecule has 7 nitrogen and oxygen atoms in total. The molecule has 0 radical (unpaired) electrons. The van der Waals surface area contributed by atoms with Crippen LogP contribution in [-0.2, 0) is 19.6 Å². The zero-order chi connectivity index (χ0) is 22.4. The van der Waals surface area contributed by atoms with Gasteiger partial charge in [0.1, 0.15) is 0 Å². The number of hydrogen-bond donors (Lipinski definition) is 2. The summed E-state index contributed by atoms with van der Waals surface area (Å²) in [4.78, 5) is 25.2. The first-order valence-corrected chi connectivity index (χ1v) is 11.9. The maximum atomic E-state index is 12.9. The molecule has 166 valence electrons. The fourth-order valence-electron chi connectivity index (χ4n) is 3.09. The standard InChI is InChI=1S/C23H28N2O5S/c1-16(2)30-22(26)14-21(18-7-4-3-5-8-18)25-23(27)19-9-6-10-20(13-19)31(28,29)24-15-17-11-12-17/h3-10,13,16-17,21,24H,11-12,14-15H2,1-2H3,(H,25,27)/t21-/m0/s1. The molecule has 3 rings (SSSR count). The SMILES string of the molecule is CC(C)OC(=O)C[C@H](NC(=O)c1cccc(S(=O)(=O)NCC2CC2)c1)c1ccccc1. The molecule has 1 atom stereocenters. The minimum atomic E-state index is -3.69. The molecule has 0 saturated heterocycles. The molecule has 1 aliphatic carbocycles. The van der Waals surface area contributed by atoms with Gasteiger partial charge in [0.25, 0.3) is 5.91 Å². The Kier molecular flexibility index (Phi) is 7.46. The number of carbonyl (C=O) groups excluding carboxylic acids is 2. The molecule has 1 fully saturated rings. The first-order valence-electron chi connectivity index (χ1n) is 10.4. The number of rotatable bonds is 10. The molecule has 0 bridgehead atoms. The number of esters is 1. The van der Waals surface area contributed by atoms with Crippen LogP contribution in [-0.4, -0.2) is 32.9 Å². The summed E-state index contributed by atoms with van der Waals surface area (Å²) in [6.45, 7) is 3.93. The van der Waals surface area contributed by atoms with Crippen molar-refractivity contribution in [3.63, 3.8) is 0 Å². The smallest absolute Gasteiger partial charge is 0.308 e. The maximum absolute atomic E-state index is 12.9. The fourth-order valence-corrected chi connectivity index (χ4v) is 4.26. The highest BCUT2D eigenvalue weighted by atomic mass is 32.2. The predicted molar refractivity (Wildman–Crippen MR) is 117 cm³/mol. The summed E-state index contributed by atoms with van der Waals surface area (Å²) in [5.74, 6) is -0.492. The zero-order valence-corrected chi connectivity index (χ0v) is 18.5. The summed E-state index contributed by atoms with van der Waals surface area (Å²) >= 11 is 0. The monoisotopic (exact) mass is 444 g/mol. The number of nitrogens with one attached hydrogen (secondary N) is 2. The number of hydrogen-bond acceptors (Lipinski definition) is 5. The summed E-state index contributed by atoms with van der Waals surface area (Å²) in [5.41, 5.74) is 0.957. The Balaban J connectivity index is 1.75. The van der Waals surface area contributed by atoms with Crippen LogP contribution in [0.25, 0.3) is 0 Å². The highest BCUT2D eigenvalue weighted by Crippen LogP contribution is 2.28. The molecule has 0 unspecified atom stereocenters. The molecule has 1 amide bonds. The van der Waals surface area contributed by atoms with Crippen molar-refractivity contribution in [1.29, 1.82) is 0 Å². The third-order valence-electron chi connectivity index (χ3n) is 4.91. The molecule has 2 N–H and O–H groups in total. The highest BCUT2D eigenvalue weighted by Gasteiger charge is 2.25. The molecule has 0 aliphatic heterocycles. The van der Waals surface area contributed by atoms with Crippen molar-refractivity contribution < 1.29 is 22.7 Å². The lowest BCUT2D eigenvalue weighted by atomic mass is 10.0. The van der Waals surface area contributed by atoms with Gasteiger partial charge in [0.15, 0.2) is 0 Å². The summed E-state index contributed by atoms with van der Waals surface area (Å²) < 4.78 is 32.9. The Morgan fingerprint density at radius 2 is 1.77 bits per heavy atom. The van der Waals surface area contributed by atoms with Gasteiger partial charge in [-0.3, -0.25) is 9.59 Å². The lowest BCUT2D eigenvalue weighted by Gasteiger charge is -2.19. The van der Waals surface area contributed by atoms with E-state index in [0.717, 1.165) is 18.4 Å². The lowest BCUT2D eigenvalue weighted by Crippen LogP contribution is -2.31. The van der Waals surface area contributed by atoms with Gasteiger partial charge >= 0.3 is 5.97 Å². The summed E-state index contributed by atoms with van der Waals surface area (Å²) in [6, 6.07) is 14.4. The molecule has 0 spiro atoms. The van der Waals surface area contributed by atoms with E-state index in [1.165, 1.54) is 18.2 Å². The summed E-state index contributed by atoms with van der Waals surface area (Å²) in [6.07, 6.45) is 1.77. The van der Waals surface area contributed by atoms with Gasteiger partial charge in [-0.05, 0) is 56.4 Å². The Morgan fingerprint density at radius 1 is 1.06 bits per heavy atom. The number of amides is 1. The fraction of sp³-hybridized carbons (Fsp3) is 0.391. The summed E-state index contributed by atoms with van der Waals surface area (Å²) in [5, 5.41) is 2.84. The van der Waals surface area contributed by atoms with Crippen LogP contribution in [0, 0.1) is 5.92 Å². The van der Waals surface area contributed by atoms with Crippen molar-refractivity contribution in [2.75, 3.05) is 6.54 Å². The average molecular weight is 445 g/mol. The van der Waals surface area contributed by atoms with Crippen LogP contribution in [0.5, 0.6) is 0 Å². The first-order chi connectivity index (χ1) is 14.7. The van der Waals surface area contributed by atoms with E-state index in [2.05, 4.69) is 10.0 Å². The second-order valence-corrected chi connectivity index (χ2v) is 9.77. The van der Waals surface area contributed by atoms with Gasteiger partial charge in [0.2, 0.25) is 10.0 Å². The predicted octanol–water partition coefficient (Wildman–Crippen LogP) is 3.19. The van der Waals surface area contributed by atoms with Gasteiger partial charge in [0, 0.05) is 12.1 Å². The van der Waals surface area contributed by atoms with E-state index in [0.29, 0.717) is 12.5 Å². The molecule has 1 aliphatic rings. The molecule has 2 aromatic rings. The van der Waals surface area contributed by atoms with E-state index in [9.17, 15) is 18.0 Å². The van der Waals surface area contributed by atoms with Gasteiger partial charge in [0.05, 0.1) is 23.5 Å². The van der Waals surface area contributed by atoms with E-state index in [1.807, 2.05) is 30.3 Å². The molecule has 1 saturated carbocycles. The second kappa shape index (κ2) is 10.1. The van der Waals surface area contributed by atoms with Crippen LogP contribution in [0.3, 0.4) is 0 Å². The van der Waals surface area contributed by atoms with Crippen LogP contribution in [0.15, 0.2) is 59.5 Å². The van der Waals surface area contributed by atoms with E-state index in [1.54, 1.807) is 19.9 Å². The number of sulfonamides is 1. The number of carbonyl (C=O) groups is 2. The first kappa shape index (κ1) is 23.0. The molecule has 31 heavy (non-hydrogen) atoms. The van der Waals surface area contributed by atoms with Gasteiger partial charge in [-0.1, -0.05) is 36.4 Å². The third-order valence-corrected chi connectivity index (χ3v) is 6.33. The van der Waals surface area contributed by atoms with Crippen molar-refractivity contribution in [2.24, 2.45) is 5.92 Å². The van der Waals surface area contributed by atoms with Crippen LogP contribution in [0.2, 0.25) is 0 Å². The number of benzene rings is 2. The Hall–Kier alpha value is -2.71. The Labute approximate surface area is 183 Å². The summed E-state index contributed by atoms with van der Waals surface area (Å²) in [7, 11) is -3.69. The minimum absolute atomic E-state index is 0.0329. The topological polar surface area (TPSA) is 102 Å². The number of ether oxygens (including phenoxy) is 1. The van der Waals surface area contributed by atoms with Crippen molar-refractivity contribution in [1.82, 2.24) is 10.0 Å². The average Bonchev–Trinajstić information content (AvgIpc) is 3.56. The molecular weight excluding hydrogens is 416 g/mol. The zero-order valence-electron chi connectivity index (χ0n) is 17.7. The highest BCUT2D eigenvalue weighted by molar-refractivity contribution is 7.89. The van der Waals surface area contributed by atoms with Crippen LogP contribution in [0.4, 0.5) is 0 Å². The Bertz CT molecular complexity index is 1020. The largest absolute Gasteiger partial charge is 0.463 e. The minimum Gasteiger partial charge on any atom is -0.463 e. The van der Waals surface area contributed by atoms with Crippen molar-refractivity contribution in [2.45, 2.75) is 50.2 Å². The van der Waals surface area contributed by atoms with Gasteiger partial charge in [-0.25, -0.2) is 13.1 Å². The van der Waals surface area contributed by atoms with Crippen molar-refractivity contribution in [3.05, 3.63) is 65.7 Å². The van der Waals surface area contributed by atoms with Gasteiger partial charge < -0.3 is 10.1 Å². The van der Waals surface area contributed by atoms with Crippen LogP contribution >= 0.6 is 0 Å². The second-order valence-electron chi connectivity index (χ2n) is 8.00. The molecule has 0 aromatic heterocycles. The quantitative estimate of drug-likeness (QED) is 0.548. The Morgan fingerprint density at radius 3 is 2.42 bits per heavy atom. The van der Waals surface area contributed by atoms with Crippen LogP contribution < -0.4 is 10.0 Å². The lowest BCUT2D eigenvalue weighted by molar-refractivity contribution is -0.147. The van der Waals surface area contributed by atoms with E-state index < -0.39 is 27.9 Å². The molecule has 8 heteroatoms. The van der Waals surface area contributed by atoms with Gasteiger partial charge in [-0.15, -0.1) is 0 Å². The van der Waals surface area contributed by atoms with Crippen molar-refractivity contribution in [3.8, 4) is 0 Å². The van der Waals surface area contributed by atoms with E-state index >= 15 is 0 Å². The van der Waals surface area contributed by atoms with E-state index in [-0.39, 0.29) is 23.0 Å². The van der Waals surface area contributed by atoms with E-state index in [4.69, 9.17) is 4.74 Å². The van der Waals surface area contributed by atoms with Gasteiger partial charge in [-0.2, -0.15) is 0 Å².